The SMILES string of the molecule is O=C(O)C(Cc1ccccc1)NCc1nc(-c2ccccc2)cs1. The van der Waals surface area contributed by atoms with Crippen molar-refractivity contribution < 1.29 is 9.90 Å². The molecule has 0 aliphatic heterocycles. The van der Waals surface area contributed by atoms with E-state index in [1.807, 2.05) is 66.0 Å². The Morgan fingerprint density at radius 1 is 1.08 bits per heavy atom. The van der Waals surface area contributed by atoms with Crippen LogP contribution in [0.2, 0.25) is 0 Å². The van der Waals surface area contributed by atoms with E-state index in [0.717, 1.165) is 21.8 Å². The number of carboxylic acids is 1. The van der Waals surface area contributed by atoms with Gasteiger partial charge in [-0.25, -0.2) is 4.98 Å². The van der Waals surface area contributed by atoms with Gasteiger partial charge < -0.3 is 5.11 Å². The van der Waals surface area contributed by atoms with E-state index in [0.29, 0.717) is 13.0 Å². The molecule has 0 bridgehead atoms. The zero-order chi connectivity index (χ0) is 16.8. The molecule has 0 fully saturated rings. The molecule has 3 aromatic rings. The molecule has 5 heteroatoms. The highest BCUT2D eigenvalue weighted by molar-refractivity contribution is 7.09. The third kappa shape index (κ3) is 4.28. The Hall–Kier alpha value is -2.50. The van der Waals surface area contributed by atoms with Gasteiger partial charge in [0.25, 0.3) is 0 Å². The first kappa shape index (κ1) is 16.4. The van der Waals surface area contributed by atoms with Crippen molar-refractivity contribution >= 4 is 17.3 Å². The molecule has 3 rings (SSSR count). The number of hydrogen-bond donors (Lipinski definition) is 2. The van der Waals surface area contributed by atoms with Crippen LogP contribution in [0.3, 0.4) is 0 Å². The summed E-state index contributed by atoms with van der Waals surface area (Å²) in [5, 5.41) is 15.4. The minimum absolute atomic E-state index is 0.446. The molecular formula is C19H18N2O2S. The zero-order valence-electron chi connectivity index (χ0n) is 13.1. The van der Waals surface area contributed by atoms with Gasteiger partial charge in [0.15, 0.2) is 0 Å². The lowest BCUT2D eigenvalue weighted by Crippen LogP contribution is -2.38. The largest absolute Gasteiger partial charge is 0.480 e. The number of aliphatic carboxylic acids is 1. The van der Waals surface area contributed by atoms with Crippen LogP contribution in [0.1, 0.15) is 10.6 Å². The fourth-order valence-corrected chi connectivity index (χ4v) is 3.19. The molecule has 1 heterocycles. The summed E-state index contributed by atoms with van der Waals surface area (Å²) in [7, 11) is 0. The predicted octanol–water partition coefficient (Wildman–Crippen LogP) is 3.60. The van der Waals surface area contributed by atoms with Gasteiger partial charge in [-0.3, -0.25) is 10.1 Å². The van der Waals surface area contributed by atoms with Gasteiger partial charge in [0, 0.05) is 17.5 Å². The fourth-order valence-electron chi connectivity index (χ4n) is 2.44. The van der Waals surface area contributed by atoms with Gasteiger partial charge in [0.1, 0.15) is 11.0 Å². The van der Waals surface area contributed by atoms with E-state index >= 15 is 0 Å². The van der Waals surface area contributed by atoms with Crippen LogP contribution in [0.4, 0.5) is 0 Å². The van der Waals surface area contributed by atoms with Crippen molar-refractivity contribution in [3.05, 3.63) is 76.6 Å². The summed E-state index contributed by atoms with van der Waals surface area (Å²) in [6.07, 6.45) is 0.451. The maximum absolute atomic E-state index is 11.5. The first-order valence-electron chi connectivity index (χ1n) is 7.72. The first-order chi connectivity index (χ1) is 11.7. The summed E-state index contributed by atoms with van der Waals surface area (Å²) < 4.78 is 0. The zero-order valence-corrected chi connectivity index (χ0v) is 13.9. The molecule has 1 unspecified atom stereocenters. The molecule has 1 atom stereocenters. The molecule has 4 nitrogen and oxygen atoms in total. The fraction of sp³-hybridized carbons (Fsp3) is 0.158. The number of benzene rings is 2. The van der Waals surface area contributed by atoms with Crippen molar-refractivity contribution in [1.82, 2.24) is 10.3 Å². The van der Waals surface area contributed by atoms with Crippen LogP contribution in [0.25, 0.3) is 11.3 Å². The van der Waals surface area contributed by atoms with Crippen LogP contribution in [0, 0.1) is 0 Å². The van der Waals surface area contributed by atoms with E-state index in [4.69, 9.17) is 0 Å². The van der Waals surface area contributed by atoms with Crippen LogP contribution in [-0.2, 0) is 17.8 Å². The van der Waals surface area contributed by atoms with Gasteiger partial charge in [-0.15, -0.1) is 11.3 Å². The molecule has 0 saturated carbocycles. The Labute approximate surface area is 144 Å². The van der Waals surface area contributed by atoms with Gasteiger partial charge >= 0.3 is 5.97 Å². The number of nitrogens with zero attached hydrogens (tertiary/aromatic N) is 1. The van der Waals surface area contributed by atoms with E-state index in [1.54, 1.807) is 0 Å². The summed E-state index contributed by atoms with van der Waals surface area (Å²) in [4.78, 5) is 16.1. The Balaban J connectivity index is 1.63. The van der Waals surface area contributed by atoms with Crippen LogP contribution >= 0.6 is 11.3 Å². The Morgan fingerprint density at radius 2 is 1.75 bits per heavy atom. The maximum Gasteiger partial charge on any atom is 0.321 e. The minimum atomic E-state index is -0.848. The number of carboxylic acid groups (broad SMARTS) is 1. The molecule has 0 saturated heterocycles. The van der Waals surface area contributed by atoms with E-state index in [2.05, 4.69) is 10.3 Å². The standard InChI is InChI=1S/C19H18N2O2S/c22-19(23)16(11-14-7-3-1-4-8-14)20-12-18-21-17(13-24-18)15-9-5-2-6-10-15/h1-10,13,16,20H,11-12H2,(H,22,23). The van der Waals surface area contributed by atoms with Crippen molar-refractivity contribution in [2.24, 2.45) is 0 Å². The molecular weight excluding hydrogens is 320 g/mol. The second-order valence-electron chi connectivity index (χ2n) is 5.45. The summed E-state index contributed by atoms with van der Waals surface area (Å²) >= 11 is 1.54. The Morgan fingerprint density at radius 3 is 2.42 bits per heavy atom. The van der Waals surface area contributed by atoms with Gasteiger partial charge in [0.2, 0.25) is 0 Å². The number of rotatable bonds is 7. The van der Waals surface area contributed by atoms with Gasteiger partial charge in [-0.05, 0) is 12.0 Å². The Kier molecular flexibility index (Phi) is 5.36. The Bertz CT molecular complexity index is 787. The average molecular weight is 338 g/mol. The van der Waals surface area contributed by atoms with Crippen LogP contribution < -0.4 is 5.32 Å². The van der Waals surface area contributed by atoms with Gasteiger partial charge in [-0.1, -0.05) is 60.7 Å². The van der Waals surface area contributed by atoms with Crippen molar-refractivity contribution in [1.29, 1.82) is 0 Å². The summed E-state index contributed by atoms with van der Waals surface area (Å²) in [5.74, 6) is -0.848. The highest BCUT2D eigenvalue weighted by atomic mass is 32.1. The van der Waals surface area contributed by atoms with E-state index in [9.17, 15) is 9.90 Å². The molecule has 1 aromatic heterocycles. The van der Waals surface area contributed by atoms with Crippen LogP contribution in [0.15, 0.2) is 66.0 Å². The first-order valence-corrected chi connectivity index (χ1v) is 8.60. The number of hydrogen-bond acceptors (Lipinski definition) is 4. The van der Waals surface area contributed by atoms with E-state index in [-0.39, 0.29) is 0 Å². The van der Waals surface area contributed by atoms with E-state index in [1.165, 1.54) is 11.3 Å². The van der Waals surface area contributed by atoms with Crippen LogP contribution in [-0.4, -0.2) is 22.1 Å². The van der Waals surface area contributed by atoms with Gasteiger partial charge in [-0.2, -0.15) is 0 Å². The predicted molar refractivity (Wildman–Crippen MR) is 96.0 cm³/mol. The normalized spacial score (nSPS) is 12.0. The lowest BCUT2D eigenvalue weighted by atomic mass is 10.1. The summed E-state index contributed by atoms with van der Waals surface area (Å²) in [6.45, 7) is 0.446. The molecule has 2 aromatic carbocycles. The quantitative estimate of drug-likeness (QED) is 0.691. The van der Waals surface area contributed by atoms with Crippen molar-refractivity contribution in [2.45, 2.75) is 19.0 Å². The maximum atomic E-state index is 11.5. The summed E-state index contributed by atoms with van der Waals surface area (Å²) in [6, 6.07) is 19.0. The lowest BCUT2D eigenvalue weighted by molar-refractivity contribution is -0.139. The smallest absolute Gasteiger partial charge is 0.321 e. The highest BCUT2D eigenvalue weighted by Crippen LogP contribution is 2.21. The highest BCUT2D eigenvalue weighted by Gasteiger charge is 2.18. The molecule has 0 amide bonds. The number of nitrogens with one attached hydrogen (secondary N) is 1. The monoisotopic (exact) mass is 338 g/mol. The summed E-state index contributed by atoms with van der Waals surface area (Å²) in [5.41, 5.74) is 2.99. The molecule has 0 radical (unpaired) electrons. The third-order valence-corrected chi connectivity index (χ3v) is 4.55. The molecule has 24 heavy (non-hydrogen) atoms. The topological polar surface area (TPSA) is 62.2 Å². The minimum Gasteiger partial charge on any atom is -0.480 e. The average Bonchev–Trinajstić information content (AvgIpc) is 3.09. The molecule has 2 N–H and O–H groups in total. The second-order valence-corrected chi connectivity index (χ2v) is 6.40. The third-order valence-electron chi connectivity index (χ3n) is 3.70. The molecule has 0 aliphatic carbocycles. The van der Waals surface area contributed by atoms with Gasteiger partial charge in [0.05, 0.1) is 5.69 Å². The van der Waals surface area contributed by atoms with Crippen LogP contribution in [0.5, 0.6) is 0 Å². The van der Waals surface area contributed by atoms with Crippen molar-refractivity contribution in [3.63, 3.8) is 0 Å². The number of aromatic nitrogens is 1. The molecule has 122 valence electrons. The number of thiazole rings is 1. The van der Waals surface area contributed by atoms with Crippen molar-refractivity contribution in [2.75, 3.05) is 0 Å². The lowest BCUT2D eigenvalue weighted by Gasteiger charge is -2.13. The second kappa shape index (κ2) is 7.86. The van der Waals surface area contributed by atoms with Crippen molar-refractivity contribution in [3.8, 4) is 11.3 Å². The molecule has 0 spiro atoms. The molecule has 0 aliphatic rings. The number of carbonyl (C=O) groups is 1. The van der Waals surface area contributed by atoms with E-state index < -0.39 is 12.0 Å².